The van der Waals surface area contributed by atoms with Crippen LogP contribution in [0.5, 0.6) is 0 Å². The number of aromatic nitrogens is 2. The Balaban J connectivity index is 2.06. The number of aromatic amines is 1. The number of nitrogens with one attached hydrogen (secondary N) is 3. The maximum atomic E-state index is 12.2. The highest BCUT2D eigenvalue weighted by molar-refractivity contribution is 7.89. The van der Waals surface area contributed by atoms with E-state index in [1.807, 2.05) is 6.92 Å². The fraction of sp³-hybridized carbons (Fsp3) is 0.727. The molecular formula is C11H20N4O2S. The van der Waals surface area contributed by atoms with Gasteiger partial charge in [-0.05, 0) is 45.7 Å². The van der Waals surface area contributed by atoms with Gasteiger partial charge in [-0.15, -0.1) is 0 Å². The number of rotatable bonds is 4. The molecular weight excluding hydrogens is 252 g/mol. The zero-order valence-electron chi connectivity index (χ0n) is 10.7. The van der Waals surface area contributed by atoms with Crippen LogP contribution in [0, 0.1) is 12.8 Å². The van der Waals surface area contributed by atoms with E-state index in [1.54, 1.807) is 6.92 Å². The topological polar surface area (TPSA) is 86.9 Å². The molecule has 7 heteroatoms. The van der Waals surface area contributed by atoms with Crippen LogP contribution in [-0.4, -0.2) is 37.7 Å². The third-order valence-electron chi connectivity index (χ3n) is 3.46. The summed E-state index contributed by atoms with van der Waals surface area (Å²) in [5.41, 5.74) is 0.566. The number of hydrogen-bond donors (Lipinski definition) is 3. The highest BCUT2D eigenvalue weighted by Crippen LogP contribution is 2.17. The van der Waals surface area contributed by atoms with Gasteiger partial charge in [-0.1, -0.05) is 0 Å². The summed E-state index contributed by atoms with van der Waals surface area (Å²) in [5, 5.41) is 9.69. The van der Waals surface area contributed by atoms with Crippen molar-refractivity contribution >= 4 is 10.0 Å². The number of hydrogen-bond acceptors (Lipinski definition) is 4. The van der Waals surface area contributed by atoms with E-state index in [9.17, 15) is 8.42 Å². The fourth-order valence-corrected chi connectivity index (χ4v) is 3.77. The van der Waals surface area contributed by atoms with Crippen molar-refractivity contribution in [3.8, 4) is 0 Å². The highest BCUT2D eigenvalue weighted by Gasteiger charge is 2.26. The Morgan fingerprint density at radius 3 is 2.89 bits per heavy atom. The molecule has 3 N–H and O–H groups in total. The van der Waals surface area contributed by atoms with Crippen molar-refractivity contribution in [1.82, 2.24) is 20.2 Å². The lowest BCUT2D eigenvalue weighted by Gasteiger charge is -2.28. The predicted molar refractivity (Wildman–Crippen MR) is 68.7 cm³/mol. The second-order valence-corrected chi connectivity index (χ2v) is 6.56. The first-order chi connectivity index (χ1) is 8.50. The first-order valence-corrected chi connectivity index (χ1v) is 7.72. The minimum atomic E-state index is -3.47. The van der Waals surface area contributed by atoms with Crippen molar-refractivity contribution in [3.63, 3.8) is 0 Å². The molecule has 2 rings (SSSR count). The van der Waals surface area contributed by atoms with Gasteiger partial charge in [0.25, 0.3) is 0 Å². The van der Waals surface area contributed by atoms with Gasteiger partial charge in [0.15, 0.2) is 0 Å². The number of aryl methyl sites for hydroxylation is 1. The molecule has 0 spiro atoms. The van der Waals surface area contributed by atoms with Crippen molar-refractivity contribution in [2.24, 2.45) is 5.92 Å². The van der Waals surface area contributed by atoms with Gasteiger partial charge in [0.2, 0.25) is 10.0 Å². The third-order valence-corrected chi connectivity index (χ3v) is 5.13. The molecule has 102 valence electrons. The molecule has 1 aromatic rings. The van der Waals surface area contributed by atoms with Crippen molar-refractivity contribution in [1.29, 1.82) is 0 Å². The van der Waals surface area contributed by atoms with Crippen LogP contribution >= 0.6 is 0 Å². The van der Waals surface area contributed by atoms with Crippen molar-refractivity contribution in [2.45, 2.75) is 37.6 Å². The number of H-pyrrole nitrogens is 1. The molecule has 0 bridgehead atoms. The zero-order chi connectivity index (χ0) is 13.2. The molecule has 1 fully saturated rings. The summed E-state index contributed by atoms with van der Waals surface area (Å²) < 4.78 is 27.1. The number of sulfonamides is 1. The quantitative estimate of drug-likeness (QED) is 0.740. The van der Waals surface area contributed by atoms with E-state index >= 15 is 0 Å². The van der Waals surface area contributed by atoms with Gasteiger partial charge in [-0.25, -0.2) is 13.1 Å². The van der Waals surface area contributed by atoms with Crippen LogP contribution in [0.1, 0.15) is 25.5 Å². The first-order valence-electron chi connectivity index (χ1n) is 6.24. The monoisotopic (exact) mass is 272 g/mol. The van der Waals surface area contributed by atoms with Gasteiger partial charge < -0.3 is 5.32 Å². The second-order valence-electron chi connectivity index (χ2n) is 4.88. The van der Waals surface area contributed by atoms with E-state index in [1.165, 1.54) is 6.20 Å². The van der Waals surface area contributed by atoms with Crippen LogP contribution in [0.4, 0.5) is 0 Å². The molecule has 1 aliphatic rings. The van der Waals surface area contributed by atoms with E-state index in [-0.39, 0.29) is 10.9 Å². The number of piperidine rings is 1. The van der Waals surface area contributed by atoms with Crippen LogP contribution in [0.3, 0.4) is 0 Å². The van der Waals surface area contributed by atoms with Gasteiger partial charge in [0.1, 0.15) is 4.90 Å². The molecule has 0 aliphatic carbocycles. The van der Waals surface area contributed by atoms with Gasteiger partial charge in [0.05, 0.1) is 11.9 Å². The largest absolute Gasteiger partial charge is 0.316 e. The molecule has 1 aliphatic heterocycles. The van der Waals surface area contributed by atoms with Crippen LogP contribution in [0.15, 0.2) is 11.1 Å². The molecule has 1 saturated heterocycles. The maximum Gasteiger partial charge on any atom is 0.244 e. The lowest BCUT2D eigenvalue weighted by atomic mass is 9.94. The van der Waals surface area contributed by atoms with Crippen molar-refractivity contribution < 1.29 is 8.42 Å². The molecule has 0 saturated carbocycles. The van der Waals surface area contributed by atoms with Crippen molar-refractivity contribution in [2.75, 3.05) is 13.1 Å². The minimum absolute atomic E-state index is 0.0721. The average Bonchev–Trinajstić information content (AvgIpc) is 2.77. The van der Waals surface area contributed by atoms with Crippen LogP contribution in [0.25, 0.3) is 0 Å². The Morgan fingerprint density at radius 1 is 1.56 bits per heavy atom. The zero-order valence-corrected chi connectivity index (χ0v) is 11.5. The smallest absolute Gasteiger partial charge is 0.244 e. The van der Waals surface area contributed by atoms with Gasteiger partial charge in [-0.2, -0.15) is 5.10 Å². The fourth-order valence-electron chi connectivity index (χ4n) is 2.32. The Bertz CT molecular complexity index is 491. The summed E-state index contributed by atoms with van der Waals surface area (Å²) in [5.74, 6) is 0.348. The third kappa shape index (κ3) is 2.90. The minimum Gasteiger partial charge on any atom is -0.316 e. The van der Waals surface area contributed by atoms with Gasteiger partial charge >= 0.3 is 0 Å². The molecule has 0 radical (unpaired) electrons. The molecule has 2 heterocycles. The first kappa shape index (κ1) is 13.5. The average molecular weight is 272 g/mol. The number of nitrogens with zero attached hydrogens (tertiary/aromatic N) is 1. The van der Waals surface area contributed by atoms with Crippen LogP contribution in [0.2, 0.25) is 0 Å². The molecule has 6 nitrogen and oxygen atoms in total. The Labute approximate surface area is 108 Å². The van der Waals surface area contributed by atoms with E-state index in [2.05, 4.69) is 20.2 Å². The summed E-state index contributed by atoms with van der Waals surface area (Å²) >= 11 is 0. The summed E-state index contributed by atoms with van der Waals surface area (Å²) in [6, 6.07) is -0.0721. The van der Waals surface area contributed by atoms with E-state index in [0.717, 1.165) is 25.9 Å². The molecule has 0 aromatic carbocycles. The van der Waals surface area contributed by atoms with E-state index in [0.29, 0.717) is 11.6 Å². The van der Waals surface area contributed by atoms with Crippen molar-refractivity contribution in [3.05, 3.63) is 11.9 Å². The summed E-state index contributed by atoms with van der Waals surface area (Å²) in [6.07, 6.45) is 3.51. The molecule has 18 heavy (non-hydrogen) atoms. The molecule has 2 atom stereocenters. The lowest BCUT2D eigenvalue weighted by molar-refractivity contribution is 0.320. The highest BCUT2D eigenvalue weighted by atomic mass is 32.2. The van der Waals surface area contributed by atoms with Gasteiger partial charge in [0, 0.05) is 6.04 Å². The Morgan fingerprint density at radius 2 is 2.33 bits per heavy atom. The lowest BCUT2D eigenvalue weighted by Crippen LogP contribution is -2.44. The standard InChI is InChI=1S/C11H20N4O2S/c1-8(10-4-3-5-12-6-10)15-18(16,17)11-7-13-14-9(11)2/h7-8,10,12,15H,3-6H2,1-2H3,(H,13,14). The SMILES string of the molecule is Cc1[nH]ncc1S(=O)(=O)NC(C)C1CCCNC1. The van der Waals surface area contributed by atoms with Gasteiger partial charge in [-0.3, -0.25) is 5.10 Å². The predicted octanol–water partition coefficient (Wildman–Crippen LogP) is 0.385. The molecule has 0 amide bonds. The normalized spacial score (nSPS) is 22.9. The van der Waals surface area contributed by atoms with E-state index < -0.39 is 10.0 Å². The summed E-state index contributed by atoms with van der Waals surface area (Å²) in [7, 11) is -3.47. The van der Waals surface area contributed by atoms with Crippen LogP contribution < -0.4 is 10.0 Å². The van der Waals surface area contributed by atoms with E-state index in [4.69, 9.17) is 0 Å². The summed E-state index contributed by atoms with van der Waals surface area (Å²) in [6.45, 7) is 5.52. The van der Waals surface area contributed by atoms with Crippen LogP contribution in [-0.2, 0) is 10.0 Å². The Kier molecular flexibility index (Phi) is 4.04. The Hall–Kier alpha value is -0.920. The summed E-state index contributed by atoms with van der Waals surface area (Å²) in [4.78, 5) is 0.234. The maximum absolute atomic E-state index is 12.2. The molecule has 2 unspecified atom stereocenters. The second kappa shape index (κ2) is 5.38. The molecule has 1 aromatic heterocycles.